The van der Waals surface area contributed by atoms with Crippen molar-refractivity contribution in [1.82, 2.24) is 29.4 Å². The van der Waals surface area contributed by atoms with E-state index in [1.54, 1.807) is 12.4 Å². The zero-order chi connectivity index (χ0) is 19.0. The van der Waals surface area contributed by atoms with Crippen LogP contribution in [0.2, 0.25) is 0 Å². The van der Waals surface area contributed by atoms with Gasteiger partial charge in [-0.1, -0.05) is 0 Å². The van der Waals surface area contributed by atoms with Crippen molar-refractivity contribution in [2.24, 2.45) is 7.05 Å². The van der Waals surface area contributed by atoms with Crippen molar-refractivity contribution in [2.45, 2.75) is 26.4 Å². The molecule has 136 valence electrons. The van der Waals surface area contributed by atoms with Crippen LogP contribution in [0.5, 0.6) is 0 Å². The number of hydrogen-bond acceptors (Lipinski definition) is 6. The average molecular weight is 361 g/mol. The number of hydrogen-bond donors (Lipinski definition) is 1. The van der Waals surface area contributed by atoms with Crippen LogP contribution in [0.1, 0.15) is 28.2 Å². The van der Waals surface area contributed by atoms with E-state index in [0.29, 0.717) is 42.2 Å². The van der Waals surface area contributed by atoms with E-state index in [9.17, 15) is 10.1 Å². The minimum atomic E-state index is -0.119. The van der Waals surface area contributed by atoms with Crippen LogP contribution in [-0.2, 0) is 26.6 Å². The third kappa shape index (κ3) is 3.13. The third-order valence-electron chi connectivity index (χ3n) is 5.13. The number of nitriles is 1. The lowest BCUT2D eigenvalue weighted by atomic mass is 10.1. The minimum Gasteiger partial charge on any atom is -0.340 e. The Labute approximate surface area is 156 Å². The largest absolute Gasteiger partial charge is 0.340 e. The number of aromatic amines is 1. The van der Waals surface area contributed by atoms with Crippen molar-refractivity contribution in [3.63, 3.8) is 0 Å². The van der Waals surface area contributed by atoms with E-state index in [4.69, 9.17) is 0 Å². The first kappa shape index (κ1) is 17.1. The fourth-order valence-corrected chi connectivity index (χ4v) is 3.44. The zero-order valence-electron chi connectivity index (χ0n) is 15.2. The van der Waals surface area contributed by atoms with Crippen LogP contribution in [0, 0.1) is 18.3 Å². The van der Waals surface area contributed by atoms with E-state index in [0.717, 1.165) is 23.5 Å². The maximum absolute atomic E-state index is 12.6. The standard InChI is InChI=1S/C19H19N7O/c1-12-13(5-15(6-20)25(12)2)9-26-4-3-17-16(10-26)19(27)24-18(23-17)14-7-21-11-22-8-14/h5,7-8,11H,3-4,9-10H2,1-2H3,(H,23,24,27). The highest BCUT2D eigenvalue weighted by Crippen LogP contribution is 2.21. The normalized spacial score (nSPS) is 14.0. The summed E-state index contributed by atoms with van der Waals surface area (Å²) >= 11 is 0. The molecule has 4 rings (SSSR count). The molecular formula is C19H19N7O. The van der Waals surface area contributed by atoms with Gasteiger partial charge >= 0.3 is 0 Å². The molecule has 1 N–H and O–H groups in total. The number of fused-ring (bicyclic) bond motifs is 1. The van der Waals surface area contributed by atoms with Crippen LogP contribution < -0.4 is 5.56 Å². The van der Waals surface area contributed by atoms with Gasteiger partial charge in [0.2, 0.25) is 0 Å². The summed E-state index contributed by atoms with van der Waals surface area (Å²) in [5.74, 6) is 0.505. The van der Waals surface area contributed by atoms with E-state index in [1.807, 2.05) is 24.6 Å². The van der Waals surface area contributed by atoms with Crippen LogP contribution >= 0.6 is 0 Å². The summed E-state index contributed by atoms with van der Waals surface area (Å²) in [5.41, 5.74) is 4.94. The van der Waals surface area contributed by atoms with Gasteiger partial charge in [0.25, 0.3) is 5.56 Å². The van der Waals surface area contributed by atoms with Crippen molar-refractivity contribution in [3.05, 3.63) is 63.3 Å². The summed E-state index contributed by atoms with van der Waals surface area (Å²) in [5, 5.41) is 9.20. The van der Waals surface area contributed by atoms with E-state index in [1.165, 1.54) is 6.33 Å². The van der Waals surface area contributed by atoms with Crippen LogP contribution in [-0.4, -0.2) is 35.9 Å². The molecule has 0 aliphatic carbocycles. The molecule has 8 nitrogen and oxygen atoms in total. The molecule has 0 aromatic carbocycles. The van der Waals surface area contributed by atoms with Crippen LogP contribution in [0.15, 0.2) is 29.6 Å². The minimum absolute atomic E-state index is 0.119. The smallest absolute Gasteiger partial charge is 0.255 e. The van der Waals surface area contributed by atoms with Crippen molar-refractivity contribution < 1.29 is 0 Å². The molecular weight excluding hydrogens is 342 g/mol. The molecule has 1 aliphatic heterocycles. The summed E-state index contributed by atoms with van der Waals surface area (Å²) in [6.45, 7) is 4.06. The van der Waals surface area contributed by atoms with Crippen molar-refractivity contribution in [2.75, 3.05) is 6.54 Å². The summed E-state index contributed by atoms with van der Waals surface area (Å²) in [4.78, 5) is 30.3. The first-order chi connectivity index (χ1) is 13.1. The molecule has 8 heteroatoms. The predicted molar refractivity (Wildman–Crippen MR) is 98.6 cm³/mol. The van der Waals surface area contributed by atoms with Crippen LogP contribution in [0.4, 0.5) is 0 Å². The van der Waals surface area contributed by atoms with E-state index >= 15 is 0 Å². The average Bonchev–Trinajstić information content (AvgIpc) is 2.97. The number of H-pyrrole nitrogens is 1. The van der Waals surface area contributed by atoms with Gasteiger partial charge in [0.1, 0.15) is 23.9 Å². The van der Waals surface area contributed by atoms with Gasteiger partial charge < -0.3 is 9.55 Å². The van der Waals surface area contributed by atoms with Gasteiger partial charge in [-0.3, -0.25) is 9.69 Å². The van der Waals surface area contributed by atoms with Gasteiger partial charge in [-0.15, -0.1) is 0 Å². The van der Waals surface area contributed by atoms with Crippen LogP contribution in [0.25, 0.3) is 11.4 Å². The maximum Gasteiger partial charge on any atom is 0.255 e. The Morgan fingerprint density at radius 1 is 1.33 bits per heavy atom. The van der Waals surface area contributed by atoms with Gasteiger partial charge in [0, 0.05) is 51.2 Å². The van der Waals surface area contributed by atoms with Gasteiger partial charge in [0.15, 0.2) is 0 Å². The summed E-state index contributed by atoms with van der Waals surface area (Å²) in [6, 6.07) is 4.13. The topological polar surface area (TPSA) is 103 Å². The Hall–Kier alpha value is -3.31. The Bertz CT molecular complexity index is 1090. The molecule has 0 atom stereocenters. The molecule has 27 heavy (non-hydrogen) atoms. The molecule has 0 fully saturated rings. The lowest BCUT2D eigenvalue weighted by molar-refractivity contribution is 0.241. The Balaban J connectivity index is 1.59. The summed E-state index contributed by atoms with van der Waals surface area (Å²) in [7, 11) is 1.90. The number of nitrogens with one attached hydrogen (secondary N) is 1. The van der Waals surface area contributed by atoms with E-state index < -0.39 is 0 Å². The van der Waals surface area contributed by atoms with Crippen molar-refractivity contribution in [1.29, 1.82) is 5.26 Å². The SMILES string of the molecule is Cc1c(CN2CCc3nc(-c4cncnc4)[nH]c(=O)c3C2)cc(C#N)n1C. The van der Waals surface area contributed by atoms with E-state index in [2.05, 4.69) is 30.9 Å². The summed E-state index contributed by atoms with van der Waals surface area (Å²) < 4.78 is 1.90. The molecule has 4 heterocycles. The summed E-state index contributed by atoms with van der Waals surface area (Å²) in [6.07, 6.45) is 5.42. The quantitative estimate of drug-likeness (QED) is 0.754. The Morgan fingerprint density at radius 3 is 2.81 bits per heavy atom. The highest BCUT2D eigenvalue weighted by Gasteiger charge is 2.23. The molecule has 1 aliphatic rings. The fourth-order valence-electron chi connectivity index (χ4n) is 3.44. The second kappa shape index (κ2) is 6.78. The highest BCUT2D eigenvalue weighted by atomic mass is 16.1. The molecule has 0 radical (unpaired) electrons. The molecule has 0 saturated heterocycles. The van der Waals surface area contributed by atoms with Crippen molar-refractivity contribution >= 4 is 0 Å². The van der Waals surface area contributed by atoms with Crippen LogP contribution in [0.3, 0.4) is 0 Å². The number of aromatic nitrogens is 5. The molecule has 0 spiro atoms. The van der Waals surface area contributed by atoms with E-state index in [-0.39, 0.29) is 5.56 Å². The Kier molecular flexibility index (Phi) is 4.30. The second-order valence-corrected chi connectivity index (χ2v) is 6.74. The predicted octanol–water partition coefficient (Wildman–Crippen LogP) is 1.30. The molecule has 0 bridgehead atoms. The Morgan fingerprint density at radius 2 is 2.11 bits per heavy atom. The van der Waals surface area contributed by atoms with Gasteiger partial charge in [-0.2, -0.15) is 5.26 Å². The molecule has 0 saturated carbocycles. The number of nitrogens with zero attached hydrogens (tertiary/aromatic N) is 6. The second-order valence-electron chi connectivity index (χ2n) is 6.74. The van der Waals surface area contributed by atoms with Gasteiger partial charge in [-0.25, -0.2) is 15.0 Å². The lowest BCUT2D eigenvalue weighted by Gasteiger charge is -2.27. The maximum atomic E-state index is 12.6. The number of rotatable bonds is 3. The monoisotopic (exact) mass is 361 g/mol. The van der Waals surface area contributed by atoms with Gasteiger partial charge in [0.05, 0.1) is 16.8 Å². The molecule has 3 aromatic heterocycles. The highest BCUT2D eigenvalue weighted by molar-refractivity contribution is 5.52. The molecule has 0 unspecified atom stereocenters. The third-order valence-corrected chi connectivity index (χ3v) is 5.13. The van der Waals surface area contributed by atoms with Gasteiger partial charge in [-0.05, 0) is 18.6 Å². The lowest BCUT2D eigenvalue weighted by Crippen LogP contribution is -2.35. The first-order valence-corrected chi connectivity index (χ1v) is 8.72. The first-order valence-electron chi connectivity index (χ1n) is 8.72. The molecule has 3 aromatic rings. The fraction of sp³-hybridized carbons (Fsp3) is 0.316. The van der Waals surface area contributed by atoms with Crippen molar-refractivity contribution in [3.8, 4) is 17.5 Å². The molecule has 0 amide bonds. The zero-order valence-corrected chi connectivity index (χ0v) is 15.2.